The molecule has 3 nitrogen and oxygen atoms in total. The molecule has 20 heavy (non-hydrogen) atoms. The van der Waals surface area contributed by atoms with Crippen LogP contribution in [0.4, 0.5) is 5.69 Å². The summed E-state index contributed by atoms with van der Waals surface area (Å²) in [6.45, 7) is 2.11. The molecule has 0 aliphatic rings. The number of nitrogens with two attached hydrogens (primary N) is 1. The lowest BCUT2D eigenvalue weighted by Gasteiger charge is -2.18. The van der Waals surface area contributed by atoms with Gasteiger partial charge >= 0.3 is 0 Å². The highest BCUT2D eigenvalue weighted by atomic mass is 32.2. The molecule has 0 bridgehead atoms. The van der Waals surface area contributed by atoms with Crippen LogP contribution >= 0.6 is 24.0 Å². The normalized spacial score (nSPS) is 12.1. The second-order valence-electron chi connectivity index (χ2n) is 4.58. The van der Waals surface area contributed by atoms with Gasteiger partial charge in [-0.25, -0.2) is 0 Å². The van der Waals surface area contributed by atoms with E-state index in [4.69, 9.17) is 22.4 Å². The van der Waals surface area contributed by atoms with Gasteiger partial charge in [0.25, 0.3) is 0 Å². The van der Waals surface area contributed by atoms with Gasteiger partial charge in [-0.05, 0) is 37.4 Å². The number of hydrogen-bond donors (Lipinski definition) is 2. The average molecular weight is 306 g/mol. The summed E-state index contributed by atoms with van der Waals surface area (Å²) in [6.07, 6.45) is 4.53. The Bertz CT molecular complexity index is 582. The number of furan rings is 1. The van der Waals surface area contributed by atoms with Crippen molar-refractivity contribution in [3.63, 3.8) is 0 Å². The van der Waals surface area contributed by atoms with Crippen LogP contribution in [0.15, 0.2) is 45.9 Å². The third-order valence-electron chi connectivity index (χ3n) is 2.98. The minimum atomic E-state index is 0.228. The quantitative estimate of drug-likeness (QED) is 0.630. The van der Waals surface area contributed by atoms with Crippen LogP contribution in [0.5, 0.6) is 0 Å². The molecule has 0 saturated heterocycles. The van der Waals surface area contributed by atoms with Crippen molar-refractivity contribution in [2.24, 2.45) is 5.73 Å². The third-order valence-corrected chi connectivity index (χ3v) is 3.97. The molecular formula is C15H18N2OS2. The molecule has 1 aromatic carbocycles. The second-order valence-corrected chi connectivity index (χ2v) is 5.86. The van der Waals surface area contributed by atoms with Crippen molar-refractivity contribution in [1.82, 2.24) is 0 Å². The second kappa shape index (κ2) is 6.81. The molecule has 1 unspecified atom stereocenters. The van der Waals surface area contributed by atoms with Crippen LogP contribution < -0.4 is 11.1 Å². The number of anilines is 1. The zero-order chi connectivity index (χ0) is 14.5. The van der Waals surface area contributed by atoms with Gasteiger partial charge in [0.05, 0.1) is 6.26 Å². The minimum Gasteiger partial charge on any atom is -0.469 e. The summed E-state index contributed by atoms with van der Waals surface area (Å²) in [5.41, 5.74) is 7.76. The van der Waals surface area contributed by atoms with Crippen molar-refractivity contribution >= 4 is 34.7 Å². The minimum absolute atomic E-state index is 0.228. The lowest BCUT2D eigenvalue weighted by atomic mass is 10.1. The topological polar surface area (TPSA) is 51.2 Å². The molecule has 0 aliphatic carbocycles. The Labute approximate surface area is 128 Å². The molecule has 1 atom stereocenters. The monoisotopic (exact) mass is 306 g/mol. The largest absolute Gasteiger partial charge is 0.469 e. The van der Waals surface area contributed by atoms with Crippen LogP contribution in [-0.2, 0) is 6.42 Å². The van der Waals surface area contributed by atoms with Crippen LogP contribution in [0.25, 0.3) is 0 Å². The number of thiocarbonyl (C=S) groups is 1. The van der Waals surface area contributed by atoms with E-state index in [0.717, 1.165) is 28.3 Å². The predicted octanol–water partition coefficient (Wildman–Crippen LogP) is 3.68. The highest BCUT2D eigenvalue weighted by Gasteiger charge is 2.13. The first-order valence-electron chi connectivity index (χ1n) is 6.37. The zero-order valence-corrected chi connectivity index (χ0v) is 13.2. The molecule has 0 radical (unpaired) electrons. The van der Waals surface area contributed by atoms with Crippen molar-refractivity contribution in [2.45, 2.75) is 24.3 Å². The van der Waals surface area contributed by atoms with Crippen LogP contribution in [0, 0.1) is 0 Å². The van der Waals surface area contributed by atoms with Gasteiger partial charge in [0.1, 0.15) is 10.7 Å². The third kappa shape index (κ3) is 3.55. The molecular weight excluding hydrogens is 288 g/mol. The Morgan fingerprint density at radius 2 is 2.20 bits per heavy atom. The molecule has 5 heteroatoms. The van der Waals surface area contributed by atoms with Crippen molar-refractivity contribution in [2.75, 3.05) is 11.6 Å². The standard InChI is InChI=1S/C15H18N2OS2/c1-10(9-11-5-4-8-18-11)17-12-6-3-7-13(20-2)14(12)15(16)19/h3-8,10,17H,9H2,1-2H3,(H2,16,19). The number of nitrogens with one attached hydrogen (secondary N) is 1. The van der Waals surface area contributed by atoms with E-state index in [1.165, 1.54) is 0 Å². The van der Waals surface area contributed by atoms with Crippen molar-refractivity contribution in [3.8, 4) is 0 Å². The average Bonchev–Trinajstić information content (AvgIpc) is 2.90. The molecule has 0 aliphatic heterocycles. The van der Waals surface area contributed by atoms with E-state index in [0.29, 0.717) is 4.99 Å². The number of thioether (sulfide) groups is 1. The first-order chi connectivity index (χ1) is 9.61. The maximum atomic E-state index is 5.86. The predicted molar refractivity (Wildman–Crippen MR) is 89.6 cm³/mol. The highest BCUT2D eigenvalue weighted by Crippen LogP contribution is 2.27. The van der Waals surface area contributed by atoms with Gasteiger partial charge in [0, 0.05) is 28.6 Å². The van der Waals surface area contributed by atoms with Gasteiger partial charge in [-0.2, -0.15) is 0 Å². The van der Waals surface area contributed by atoms with Crippen LogP contribution in [0.3, 0.4) is 0 Å². The number of benzene rings is 1. The lowest BCUT2D eigenvalue weighted by Crippen LogP contribution is -2.21. The van der Waals surface area contributed by atoms with Crippen LogP contribution in [0.2, 0.25) is 0 Å². The summed E-state index contributed by atoms with van der Waals surface area (Å²) in [4.78, 5) is 1.51. The van der Waals surface area contributed by atoms with Gasteiger partial charge in [-0.1, -0.05) is 18.3 Å². The molecule has 3 N–H and O–H groups in total. The van der Waals surface area contributed by atoms with Gasteiger partial charge in [-0.15, -0.1) is 11.8 Å². The number of rotatable bonds is 6. The first-order valence-corrected chi connectivity index (χ1v) is 8.01. The summed E-state index contributed by atoms with van der Waals surface area (Å²) < 4.78 is 5.37. The zero-order valence-electron chi connectivity index (χ0n) is 11.6. The Morgan fingerprint density at radius 3 is 2.80 bits per heavy atom. The highest BCUT2D eigenvalue weighted by molar-refractivity contribution is 7.98. The van der Waals surface area contributed by atoms with Gasteiger partial charge in [0.2, 0.25) is 0 Å². The molecule has 0 fully saturated rings. The lowest BCUT2D eigenvalue weighted by molar-refractivity contribution is 0.498. The van der Waals surface area contributed by atoms with Gasteiger partial charge in [0.15, 0.2) is 0 Å². The Hall–Kier alpha value is -1.46. The van der Waals surface area contributed by atoms with Crippen molar-refractivity contribution < 1.29 is 4.42 Å². The van der Waals surface area contributed by atoms with Crippen LogP contribution in [0.1, 0.15) is 18.2 Å². The molecule has 1 heterocycles. The fourth-order valence-corrected chi connectivity index (χ4v) is 3.05. The molecule has 1 aromatic heterocycles. The smallest absolute Gasteiger partial charge is 0.107 e. The molecule has 0 spiro atoms. The summed E-state index contributed by atoms with van der Waals surface area (Å²) >= 11 is 6.82. The van der Waals surface area contributed by atoms with Crippen LogP contribution in [-0.4, -0.2) is 17.3 Å². The SMILES string of the molecule is CSc1cccc(NC(C)Cc2ccco2)c1C(N)=S. The first kappa shape index (κ1) is 14.9. The summed E-state index contributed by atoms with van der Waals surface area (Å²) in [6, 6.07) is 10.2. The summed E-state index contributed by atoms with van der Waals surface area (Å²) in [7, 11) is 0. The number of hydrogen-bond acceptors (Lipinski definition) is 4. The molecule has 0 saturated carbocycles. The van der Waals surface area contributed by atoms with E-state index in [2.05, 4.69) is 12.2 Å². The maximum Gasteiger partial charge on any atom is 0.107 e. The van der Waals surface area contributed by atoms with E-state index >= 15 is 0 Å². The Balaban J connectivity index is 2.18. The van der Waals surface area contributed by atoms with Crippen molar-refractivity contribution in [3.05, 3.63) is 47.9 Å². The Morgan fingerprint density at radius 1 is 1.40 bits per heavy atom. The molecule has 0 amide bonds. The van der Waals surface area contributed by atoms with Gasteiger partial charge in [-0.3, -0.25) is 0 Å². The van der Waals surface area contributed by atoms with E-state index in [9.17, 15) is 0 Å². The summed E-state index contributed by atoms with van der Waals surface area (Å²) in [5, 5.41) is 3.46. The van der Waals surface area contributed by atoms with Gasteiger partial charge < -0.3 is 15.5 Å². The van der Waals surface area contributed by atoms with E-state index in [1.807, 2.05) is 36.6 Å². The maximum absolute atomic E-state index is 5.86. The van der Waals surface area contributed by atoms with Crippen molar-refractivity contribution in [1.29, 1.82) is 0 Å². The fourth-order valence-electron chi connectivity index (χ4n) is 2.12. The van der Waals surface area contributed by atoms with E-state index in [1.54, 1.807) is 18.0 Å². The molecule has 2 aromatic rings. The Kier molecular flexibility index (Phi) is 5.09. The molecule has 106 valence electrons. The summed E-state index contributed by atoms with van der Waals surface area (Å²) in [5.74, 6) is 0.961. The molecule has 2 rings (SSSR count). The van der Waals surface area contributed by atoms with E-state index < -0.39 is 0 Å². The fraction of sp³-hybridized carbons (Fsp3) is 0.267. The van der Waals surface area contributed by atoms with E-state index in [-0.39, 0.29) is 6.04 Å².